The maximum Gasteiger partial charge on any atom is 0.412 e. The summed E-state index contributed by atoms with van der Waals surface area (Å²) in [5.41, 5.74) is 0.449. The summed E-state index contributed by atoms with van der Waals surface area (Å²) in [5, 5.41) is 2.73. The molecule has 2 aromatic carbocycles. The number of nitrogens with one attached hydrogen (secondary N) is 1. The first kappa shape index (κ1) is 21.7. The van der Waals surface area contributed by atoms with Crippen molar-refractivity contribution in [3.05, 3.63) is 60.2 Å². The third kappa shape index (κ3) is 7.54. The van der Waals surface area contributed by atoms with Crippen LogP contribution in [0.25, 0.3) is 0 Å². The van der Waals surface area contributed by atoms with E-state index in [1.807, 2.05) is 13.0 Å². The second kappa shape index (κ2) is 10.6. The molecule has 2 rings (SSSR count). The molecule has 0 saturated heterocycles. The van der Waals surface area contributed by atoms with Gasteiger partial charge in [-0.3, -0.25) is 0 Å². The summed E-state index contributed by atoms with van der Waals surface area (Å²) >= 11 is 0. The second-order valence-corrected chi connectivity index (χ2v) is 11.2. The molecule has 7 heteroatoms. The highest BCUT2D eigenvalue weighted by Gasteiger charge is 2.20. The van der Waals surface area contributed by atoms with Crippen molar-refractivity contribution >= 4 is 20.4 Å². The molecule has 28 heavy (non-hydrogen) atoms. The van der Waals surface area contributed by atoms with Crippen molar-refractivity contribution in [3.8, 4) is 11.5 Å². The van der Waals surface area contributed by atoms with Gasteiger partial charge in [0.25, 0.3) is 0 Å². The Morgan fingerprint density at radius 2 is 1.64 bits per heavy atom. The summed E-state index contributed by atoms with van der Waals surface area (Å²) in [4.78, 5) is 24.1. The van der Waals surface area contributed by atoms with Crippen LogP contribution in [0, 0.1) is 0 Å². The number of hydrogen-bond acceptors (Lipinski definition) is 5. The van der Waals surface area contributed by atoms with E-state index < -0.39 is 20.4 Å². The second-order valence-electron chi connectivity index (χ2n) is 6.84. The van der Waals surface area contributed by atoms with E-state index >= 15 is 0 Å². The van der Waals surface area contributed by atoms with Gasteiger partial charge in [-0.05, 0) is 56.7 Å². The van der Waals surface area contributed by atoms with Crippen molar-refractivity contribution < 1.29 is 23.5 Å². The largest absolute Gasteiger partial charge is 0.423 e. The number of carbonyl (C=O) groups is 2. The predicted octanol–water partition coefficient (Wildman–Crippen LogP) is 4.63. The number of esters is 1. The summed E-state index contributed by atoms with van der Waals surface area (Å²) in [5.74, 6) is 0.145. The van der Waals surface area contributed by atoms with E-state index in [4.69, 9.17) is 13.9 Å². The van der Waals surface area contributed by atoms with Gasteiger partial charge in [0.05, 0.1) is 5.56 Å². The molecule has 0 aliphatic rings. The molecule has 1 N–H and O–H groups in total. The Labute approximate surface area is 166 Å². The predicted molar refractivity (Wildman–Crippen MR) is 110 cm³/mol. The van der Waals surface area contributed by atoms with E-state index in [-0.39, 0.29) is 0 Å². The van der Waals surface area contributed by atoms with Gasteiger partial charge in [0.15, 0.2) is 8.32 Å². The zero-order valence-corrected chi connectivity index (χ0v) is 17.6. The minimum Gasteiger partial charge on any atom is -0.423 e. The van der Waals surface area contributed by atoms with Gasteiger partial charge in [0.1, 0.15) is 11.5 Å². The monoisotopic (exact) mass is 401 g/mol. The molecule has 0 bridgehead atoms. The molecule has 150 valence electrons. The smallest absolute Gasteiger partial charge is 0.412 e. The molecule has 0 saturated carbocycles. The first-order chi connectivity index (χ1) is 13.4. The van der Waals surface area contributed by atoms with Crippen LogP contribution in [-0.2, 0) is 4.43 Å². The molecular weight excluding hydrogens is 374 g/mol. The number of amides is 1. The van der Waals surface area contributed by atoms with Crippen LogP contribution in [0.2, 0.25) is 19.1 Å². The van der Waals surface area contributed by atoms with Crippen LogP contribution >= 0.6 is 0 Å². The van der Waals surface area contributed by atoms with Gasteiger partial charge in [-0.25, -0.2) is 9.59 Å². The van der Waals surface area contributed by atoms with E-state index in [0.29, 0.717) is 23.6 Å². The first-order valence-electron chi connectivity index (χ1n) is 9.36. The maximum atomic E-state index is 12.1. The molecule has 1 amide bonds. The average Bonchev–Trinajstić information content (AvgIpc) is 2.66. The minimum absolute atomic E-state index is 0.305. The topological polar surface area (TPSA) is 73.9 Å². The molecule has 0 radical (unpaired) electrons. The summed E-state index contributed by atoms with van der Waals surface area (Å²) in [6.45, 7) is 7.56. The van der Waals surface area contributed by atoms with Gasteiger partial charge >= 0.3 is 12.1 Å². The molecule has 0 fully saturated rings. The lowest BCUT2D eigenvalue weighted by Gasteiger charge is -2.21. The standard InChI is InChI=1S/C21H27NO5Si/c1-4-25-28(2,3)15-9-14-22-21(24)27-19-13-8-12-18(16-19)26-20(23)17-10-6-5-7-11-17/h5-8,10-13,16H,4,9,14-15H2,1-3H3,(H,22,24). The molecule has 0 aromatic heterocycles. The van der Waals surface area contributed by atoms with Crippen molar-refractivity contribution in [1.29, 1.82) is 0 Å². The van der Waals surface area contributed by atoms with Gasteiger partial charge in [-0.15, -0.1) is 0 Å². The fourth-order valence-electron chi connectivity index (χ4n) is 2.65. The Morgan fingerprint density at radius 3 is 2.32 bits per heavy atom. The van der Waals surface area contributed by atoms with Gasteiger partial charge in [-0.2, -0.15) is 0 Å². The highest BCUT2D eigenvalue weighted by molar-refractivity contribution is 6.71. The van der Waals surface area contributed by atoms with E-state index in [0.717, 1.165) is 19.1 Å². The highest BCUT2D eigenvalue weighted by atomic mass is 28.4. The average molecular weight is 402 g/mol. The van der Waals surface area contributed by atoms with Crippen LogP contribution in [-0.4, -0.2) is 33.5 Å². The van der Waals surface area contributed by atoms with Crippen molar-refractivity contribution in [2.45, 2.75) is 32.5 Å². The van der Waals surface area contributed by atoms with Crippen molar-refractivity contribution in [3.63, 3.8) is 0 Å². The number of hydrogen-bond donors (Lipinski definition) is 1. The lowest BCUT2D eigenvalue weighted by atomic mass is 10.2. The van der Waals surface area contributed by atoms with Crippen LogP contribution in [0.5, 0.6) is 11.5 Å². The zero-order valence-electron chi connectivity index (χ0n) is 16.6. The Balaban J connectivity index is 1.80. The lowest BCUT2D eigenvalue weighted by molar-refractivity contribution is 0.0734. The minimum atomic E-state index is -1.64. The van der Waals surface area contributed by atoms with E-state index in [9.17, 15) is 9.59 Å². The van der Waals surface area contributed by atoms with Gasteiger partial charge < -0.3 is 19.2 Å². The molecular formula is C21H27NO5Si. The number of benzene rings is 2. The van der Waals surface area contributed by atoms with Gasteiger partial charge in [-0.1, -0.05) is 24.3 Å². The normalized spacial score (nSPS) is 11.0. The van der Waals surface area contributed by atoms with Crippen LogP contribution in [0.4, 0.5) is 4.79 Å². The van der Waals surface area contributed by atoms with E-state index in [2.05, 4.69) is 18.4 Å². The fourth-order valence-corrected chi connectivity index (χ4v) is 4.61. The summed E-state index contributed by atoms with van der Waals surface area (Å²) in [6.07, 6.45) is 0.297. The Kier molecular flexibility index (Phi) is 8.22. The third-order valence-electron chi connectivity index (χ3n) is 4.00. The maximum absolute atomic E-state index is 12.1. The van der Waals surface area contributed by atoms with Crippen LogP contribution < -0.4 is 14.8 Å². The molecule has 0 heterocycles. The molecule has 0 unspecified atom stereocenters. The molecule has 0 spiro atoms. The molecule has 0 aliphatic carbocycles. The van der Waals surface area contributed by atoms with E-state index in [1.165, 1.54) is 6.07 Å². The Hall–Kier alpha value is -2.64. The fraction of sp³-hybridized carbons (Fsp3) is 0.333. The zero-order chi connectivity index (χ0) is 20.4. The van der Waals surface area contributed by atoms with Gasteiger partial charge in [0, 0.05) is 19.2 Å². The van der Waals surface area contributed by atoms with Crippen molar-refractivity contribution in [2.75, 3.05) is 13.2 Å². The highest BCUT2D eigenvalue weighted by Crippen LogP contribution is 2.20. The van der Waals surface area contributed by atoms with E-state index in [1.54, 1.807) is 42.5 Å². The molecule has 6 nitrogen and oxygen atoms in total. The van der Waals surface area contributed by atoms with Gasteiger partial charge in [0.2, 0.25) is 0 Å². The quantitative estimate of drug-likeness (QED) is 0.287. The number of rotatable bonds is 9. The first-order valence-corrected chi connectivity index (χ1v) is 12.5. The summed E-state index contributed by atoms with van der Waals surface area (Å²) in [6, 6.07) is 16.1. The van der Waals surface area contributed by atoms with Crippen LogP contribution in [0.15, 0.2) is 54.6 Å². The summed E-state index contributed by atoms with van der Waals surface area (Å²) in [7, 11) is -1.64. The third-order valence-corrected chi connectivity index (χ3v) is 6.62. The number of ether oxygens (including phenoxy) is 2. The molecule has 0 atom stereocenters. The SMILES string of the molecule is CCO[Si](C)(C)CCCNC(=O)Oc1cccc(OC(=O)c2ccccc2)c1. The molecule has 0 aliphatic heterocycles. The van der Waals surface area contributed by atoms with Crippen molar-refractivity contribution in [1.82, 2.24) is 5.32 Å². The Morgan fingerprint density at radius 1 is 0.964 bits per heavy atom. The lowest BCUT2D eigenvalue weighted by Crippen LogP contribution is -2.33. The summed E-state index contributed by atoms with van der Waals surface area (Å²) < 4.78 is 16.3. The van der Waals surface area contributed by atoms with Crippen LogP contribution in [0.1, 0.15) is 23.7 Å². The Bertz CT molecular complexity index is 779. The molecule has 2 aromatic rings. The van der Waals surface area contributed by atoms with Crippen LogP contribution in [0.3, 0.4) is 0 Å². The van der Waals surface area contributed by atoms with Crippen molar-refractivity contribution in [2.24, 2.45) is 0 Å². The number of carbonyl (C=O) groups excluding carboxylic acids is 2.